The van der Waals surface area contributed by atoms with Crippen molar-refractivity contribution < 1.29 is 9.59 Å². The zero-order valence-electron chi connectivity index (χ0n) is 12.6. The summed E-state index contributed by atoms with van der Waals surface area (Å²) in [5.41, 5.74) is 1.77. The molecule has 1 amide bonds. The SMILES string of the molecule is Cc1ccc(C(=O)CCC(=O)N(C)Cc2ccc(Cl)s2)cc1. The van der Waals surface area contributed by atoms with Crippen LogP contribution in [-0.2, 0) is 11.3 Å². The Morgan fingerprint density at radius 2 is 1.77 bits per heavy atom. The summed E-state index contributed by atoms with van der Waals surface area (Å²) in [4.78, 5) is 26.8. The molecule has 5 heteroatoms. The molecular weight excluding hydrogens is 318 g/mol. The van der Waals surface area contributed by atoms with Crippen LogP contribution in [-0.4, -0.2) is 23.6 Å². The van der Waals surface area contributed by atoms with Crippen molar-refractivity contribution in [3.05, 3.63) is 56.7 Å². The number of hydrogen-bond donors (Lipinski definition) is 0. The maximum absolute atomic E-state index is 12.1. The third-order valence-electron chi connectivity index (χ3n) is 3.39. The van der Waals surface area contributed by atoms with Gasteiger partial charge in [0.05, 0.1) is 10.9 Å². The van der Waals surface area contributed by atoms with E-state index in [1.807, 2.05) is 31.2 Å². The number of carbonyl (C=O) groups excluding carboxylic acids is 2. The molecule has 116 valence electrons. The highest BCUT2D eigenvalue weighted by atomic mass is 35.5. The first-order valence-electron chi connectivity index (χ1n) is 7.04. The Balaban J connectivity index is 1.83. The summed E-state index contributed by atoms with van der Waals surface area (Å²) in [6.07, 6.45) is 0.458. The summed E-state index contributed by atoms with van der Waals surface area (Å²) in [6.45, 7) is 2.50. The van der Waals surface area contributed by atoms with Crippen LogP contribution in [0.5, 0.6) is 0 Å². The highest BCUT2D eigenvalue weighted by molar-refractivity contribution is 7.16. The fraction of sp³-hybridized carbons (Fsp3) is 0.294. The lowest BCUT2D eigenvalue weighted by molar-refractivity contribution is -0.130. The van der Waals surface area contributed by atoms with Gasteiger partial charge in [0.1, 0.15) is 0 Å². The average Bonchev–Trinajstić information content (AvgIpc) is 2.90. The van der Waals surface area contributed by atoms with Gasteiger partial charge in [-0.3, -0.25) is 9.59 Å². The van der Waals surface area contributed by atoms with Gasteiger partial charge in [-0.05, 0) is 19.1 Å². The molecule has 0 atom stereocenters. The summed E-state index contributed by atoms with van der Waals surface area (Å²) in [6, 6.07) is 11.2. The first-order valence-corrected chi connectivity index (χ1v) is 8.23. The maximum Gasteiger partial charge on any atom is 0.223 e. The predicted molar refractivity (Wildman–Crippen MR) is 90.5 cm³/mol. The van der Waals surface area contributed by atoms with Crippen LogP contribution in [0.1, 0.15) is 33.6 Å². The van der Waals surface area contributed by atoms with Crippen LogP contribution >= 0.6 is 22.9 Å². The molecule has 0 saturated heterocycles. The second-order valence-corrected chi connectivity index (χ2v) is 7.04. The minimum absolute atomic E-state index is 0.000850. The molecule has 0 aliphatic rings. The Kier molecular flexibility index (Phi) is 5.75. The van der Waals surface area contributed by atoms with Gasteiger partial charge in [-0.1, -0.05) is 41.4 Å². The highest BCUT2D eigenvalue weighted by Crippen LogP contribution is 2.22. The van der Waals surface area contributed by atoms with Gasteiger partial charge in [-0.25, -0.2) is 0 Å². The van der Waals surface area contributed by atoms with E-state index < -0.39 is 0 Å². The third kappa shape index (κ3) is 4.68. The van der Waals surface area contributed by atoms with Gasteiger partial charge in [0.15, 0.2) is 5.78 Å². The molecular formula is C17H18ClNO2S. The van der Waals surface area contributed by atoms with Gasteiger partial charge in [0, 0.05) is 30.3 Å². The average molecular weight is 336 g/mol. The molecule has 0 aliphatic carbocycles. The van der Waals surface area contributed by atoms with Crippen molar-refractivity contribution in [2.24, 2.45) is 0 Å². The number of thiophene rings is 1. The summed E-state index contributed by atoms with van der Waals surface area (Å²) >= 11 is 7.34. The molecule has 2 aromatic rings. The number of benzene rings is 1. The van der Waals surface area contributed by atoms with Gasteiger partial charge in [0.25, 0.3) is 0 Å². The Hall–Kier alpha value is -1.65. The normalized spacial score (nSPS) is 10.5. The van der Waals surface area contributed by atoms with Gasteiger partial charge in [-0.2, -0.15) is 0 Å². The van der Waals surface area contributed by atoms with E-state index in [1.54, 1.807) is 24.1 Å². The Bertz CT molecular complexity index is 664. The monoisotopic (exact) mass is 335 g/mol. The molecule has 1 heterocycles. The third-order valence-corrected chi connectivity index (χ3v) is 4.60. The van der Waals surface area contributed by atoms with E-state index in [1.165, 1.54) is 11.3 Å². The van der Waals surface area contributed by atoms with Crippen LogP contribution < -0.4 is 0 Å². The molecule has 0 saturated carbocycles. The molecule has 0 N–H and O–H groups in total. The molecule has 0 fully saturated rings. The number of nitrogens with zero attached hydrogens (tertiary/aromatic N) is 1. The fourth-order valence-corrected chi connectivity index (χ4v) is 3.19. The molecule has 3 nitrogen and oxygen atoms in total. The molecule has 0 bridgehead atoms. The maximum atomic E-state index is 12.1. The van der Waals surface area contributed by atoms with Crippen LogP contribution in [0.4, 0.5) is 0 Å². The van der Waals surface area contributed by atoms with E-state index in [9.17, 15) is 9.59 Å². The lowest BCUT2D eigenvalue weighted by Crippen LogP contribution is -2.26. The summed E-state index contributed by atoms with van der Waals surface area (Å²) in [7, 11) is 1.74. The van der Waals surface area contributed by atoms with Crippen molar-refractivity contribution in [2.45, 2.75) is 26.3 Å². The van der Waals surface area contributed by atoms with Crippen LogP contribution in [0.25, 0.3) is 0 Å². The zero-order chi connectivity index (χ0) is 16.1. The van der Waals surface area contributed by atoms with Crippen molar-refractivity contribution in [2.75, 3.05) is 7.05 Å². The number of ketones is 1. The largest absolute Gasteiger partial charge is 0.341 e. The van der Waals surface area contributed by atoms with Crippen molar-refractivity contribution in [3.8, 4) is 0 Å². The van der Waals surface area contributed by atoms with E-state index >= 15 is 0 Å². The van der Waals surface area contributed by atoms with Crippen molar-refractivity contribution in [1.29, 1.82) is 0 Å². The Morgan fingerprint density at radius 1 is 1.09 bits per heavy atom. The lowest BCUT2D eigenvalue weighted by atomic mass is 10.0. The van der Waals surface area contributed by atoms with E-state index in [0.29, 0.717) is 16.4 Å². The Labute approximate surface area is 139 Å². The molecule has 0 spiro atoms. The number of rotatable bonds is 6. The number of hydrogen-bond acceptors (Lipinski definition) is 3. The summed E-state index contributed by atoms with van der Waals surface area (Å²) < 4.78 is 0.713. The van der Waals surface area contributed by atoms with Gasteiger partial charge in [-0.15, -0.1) is 11.3 Å². The molecule has 0 aliphatic heterocycles. The number of halogens is 1. The second kappa shape index (κ2) is 7.56. The molecule has 1 aromatic heterocycles. The number of Topliss-reactive ketones (excluding diaryl/α,β-unsaturated/α-hetero) is 1. The highest BCUT2D eigenvalue weighted by Gasteiger charge is 2.13. The van der Waals surface area contributed by atoms with Gasteiger partial charge < -0.3 is 4.90 Å². The number of carbonyl (C=O) groups is 2. The van der Waals surface area contributed by atoms with Crippen LogP contribution in [0.3, 0.4) is 0 Å². The predicted octanol–water partition coefficient (Wildman–Crippen LogP) is 4.33. The van der Waals surface area contributed by atoms with E-state index in [0.717, 1.165) is 10.4 Å². The van der Waals surface area contributed by atoms with Crippen molar-refractivity contribution in [3.63, 3.8) is 0 Å². The molecule has 1 aromatic carbocycles. The van der Waals surface area contributed by atoms with Crippen LogP contribution in [0.2, 0.25) is 4.34 Å². The summed E-state index contributed by atoms with van der Waals surface area (Å²) in [5, 5.41) is 0. The minimum Gasteiger partial charge on any atom is -0.341 e. The smallest absolute Gasteiger partial charge is 0.223 e. The zero-order valence-corrected chi connectivity index (χ0v) is 14.2. The number of amides is 1. The fourth-order valence-electron chi connectivity index (χ4n) is 2.05. The topological polar surface area (TPSA) is 37.4 Å². The van der Waals surface area contributed by atoms with E-state index in [-0.39, 0.29) is 24.5 Å². The lowest BCUT2D eigenvalue weighted by Gasteiger charge is -2.15. The second-order valence-electron chi connectivity index (χ2n) is 5.24. The van der Waals surface area contributed by atoms with Gasteiger partial charge >= 0.3 is 0 Å². The standard InChI is InChI=1S/C17H18ClNO2S/c1-12-3-5-13(6-4-12)15(20)8-10-17(21)19(2)11-14-7-9-16(18)22-14/h3-7,9H,8,10-11H2,1-2H3. The van der Waals surface area contributed by atoms with E-state index in [4.69, 9.17) is 11.6 Å². The van der Waals surface area contributed by atoms with Gasteiger partial charge in [0.2, 0.25) is 5.91 Å². The van der Waals surface area contributed by atoms with Crippen LogP contribution in [0.15, 0.2) is 36.4 Å². The Morgan fingerprint density at radius 3 is 2.36 bits per heavy atom. The first kappa shape index (κ1) is 16.7. The van der Waals surface area contributed by atoms with E-state index in [2.05, 4.69) is 0 Å². The molecule has 0 unspecified atom stereocenters. The molecule has 0 radical (unpaired) electrons. The van der Waals surface area contributed by atoms with Crippen molar-refractivity contribution >= 4 is 34.6 Å². The molecule has 2 rings (SSSR count). The first-order chi connectivity index (χ1) is 10.5. The quantitative estimate of drug-likeness (QED) is 0.737. The van der Waals surface area contributed by atoms with Crippen LogP contribution in [0, 0.1) is 6.92 Å². The minimum atomic E-state index is -0.0371. The molecule has 22 heavy (non-hydrogen) atoms. The van der Waals surface area contributed by atoms with Crippen molar-refractivity contribution in [1.82, 2.24) is 4.90 Å². The summed E-state index contributed by atoms with van der Waals surface area (Å²) in [5.74, 6) is -0.0362. The number of aryl methyl sites for hydroxylation is 1.